The second kappa shape index (κ2) is 8.18. The molecule has 2 aliphatic heterocycles. The summed E-state index contributed by atoms with van der Waals surface area (Å²) in [5.74, 6) is 0.855. The molecular weight excluding hydrogens is 443 g/mol. The van der Waals surface area contributed by atoms with Gasteiger partial charge in [-0.3, -0.25) is 4.21 Å². The molecule has 2 unspecified atom stereocenters. The first-order valence-electron chi connectivity index (χ1n) is 10.4. The van der Waals surface area contributed by atoms with E-state index in [0.29, 0.717) is 34.6 Å². The number of alkyl halides is 1. The molecule has 0 bridgehead atoms. The van der Waals surface area contributed by atoms with Crippen LogP contribution in [-0.4, -0.2) is 56.6 Å². The minimum atomic E-state index is -1.37. The van der Waals surface area contributed by atoms with Gasteiger partial charge in [0.05, 0.1) is 18.7 Å². The van der Waals surface area contributed by atoms with Crippen molar-refractivity contribution in [3.8, 4) is 5.88 Å². The zero-order valence-corrected chi connectivity index (χ0v) is 18.5. The van der Waals surface area contributed by atoms with E-state index in [2.05, 4.69) is 15.3 Å². The summed E-state index contributed by atoms with van der Waals surface area (Å²) in [5, 5.41) is 13.8. The molecule has 166 valence electrons. The van der Waals surface area contributed by atoms with Crippen molar-refractivity contribution in [2.75, 3.05) is 35.9 Å². The average molecular weight is 467 g/mol. The van der Waals surface area contributed by atoms with E-state index in [1.54, 1.807) is 17.0 Å². The second-order valence-corrected chi connectivity index (χ2v) is 10.2. The van der Waals surface area contributed by atoms with E-state index in [1.807, 2.05) is 12.1 Å². The van der Waals surface area contributed by atoms with Crippen LogP contribution in [0.5, 0.6) is 5.88 Å². The van der Waals surface area contributed by atoms with Crippen molar-refractivity contribution < 1.29 is 18.4 Å². The van der Waals surface area contributed by atoms with Gasteiger partial charge in [0.25, 0.3) is 0 Å². The summed E-state index contributed by atoms with van der Waals surface area (Å²) in [7, 11) is -1.37. The van der Waals surface area contributed by atoms with E-state index in [1.165, 1.54) is 0 Å². The maximum atomic E-state index is 15.1. The van der Waals surface area contributed by atoms with Crippen molar-refractivity contribution >= 4 is 34.2 Å². The molecule has 31 heavy (non-hydrogen) atoms. The average Bonchev–Trinajstić information content (AvgIpc) is 3.12. The van der Waals surface area contributed by atoms with Crippen molar-refractivity contribution in [3.63, 3.8) is 0 Å². The van der Waals surface area contributed by atoms with Crippen LogP contribution in [0.1, 0.15) is 37.2 Å². The van der Waals surface area contributed by atoms with E-state index in [9.17, 15) is 9.32 Å². The minimum Gasteiger partial charge on any atom is -0.463 e. The molecule has 5 rings (SSSR count). The third-order valence-corrected chi connectivity index (χ3v) is 7.88. The molecule has 1 saturated heterocycles. The fourth-order valence-corrected chi connectivity index (χ4v) is 5.54. The molecule has 2 aromatic rings. The molecule has 0 spiro atoms. The Morgan fingerprint density at radius 2 is 2.10 bits per heavy atom. The van der Waals surface area contributed by atoms with Gasteiger partial charge in [-0.1, -0.05) is 23.7 Å². The van der Waals surface area contributed by atoms with Crippen molar-refractivity contribution in [1.29, 1.82) is 0 Å². The summed E-state index contributed by atoms with van der Waals surface area (Å²) in [4.78, 5) is 11.3. The Bertz CT molecular complexity index is 999. The van der Waals surface area contributed by atoms with Crippen molar-refractivity contribution in [2.24, 2.45) is 0 Å². The molecular formula is C21H24ClFN4O3S. The summed E-state index contributed by atoms with van der Waals surface area (Å²) in [5.41, 5.74) is 0.471. The van der Waals surface area contributed by atoms with Gasteiger partial charge in [-0.2, -0.15) is 9.97 Å². The van der Waals surface area contributed by atoms with Gasteiger partial charge in [-0.15, -0.1) is 0 Å². The fourth-order valence-electron chi connectivity index (χ4n) is 4.47. The molecule has 3 heterocycles. The second-order valence-electron chi connectivity index (χ2n) is 8.44. The van der Waals surface area contributed by atoms with Crippen LogP contribution in [0.25, 0.3) is 0 Å². The van der Waals surface area contributed by atoms with E-state index >= 15 is 4.39 Å². The van der Waals surface area contributed by atoms with Gasteiger partial charge in [0.15, 0.2) is 11.8 Å². The summed E-state index contributed by atoms with van der Waals surface area (Å²) < 4.78 is 33.1. The number of aliphatic hydroxyl groups is 1. The highest BCUT2D eigenvalue weighted by atomic mass is 35.5. The molecule has 1 aromatic carbocycles. The quantitative estimate of drug-likeness (QED) is 0.699. The molecule has 1 aliphatic carbocycles. The number of rotatable bonds is 5. The van der Waals surface area contributed by atoms with Gasteiger partial charge in [0, 0.05) is 17.5 Å². The molecule has 3 aliphatic rings. The van der Waals surface area contributed by atoms with Crippen molar-refractivity contribution in [2.45, 2.75) is 48.2 Å². The summed E-state index contributed by atoms with van der Waals surface area (Å²) in [6.07, 6.45) is 2.15. The number of piperidine rings is 1. The number of aromatic nitrogens is 2. The van der Waals surface area contributed by atoms with Crippen LogP contribution >= 0.6 is 11.6 Å². The van der Waals surface area contributed by atoms with E-state index in [-0.39, 0.29) is 30.9 Å². The normalized spacial score (nSPS) is 26.7. The first-order valence-corrected chi connectivity index (χ1v) is 12.1. The Morgan fingerprint density at radius 1 is 1.32 bits per heavy atom. The summed E-state index contributed by atoms with van der Waals surface area (Å²) >= 11 is 5.96. The molecule has 2 fully saturated rings. The molecule has 2 N–H and O–H groups in total. The van der Waals surface area contributed by atoms with Crippen LogP contribution in [0.3, 0.4) is 0 Å². The van der Waals surface area contributed by atoms with Crippen molar-refractivity contribution in [1.82, 2.24) is 9.97 Å². The predicted octanol–water partition coefficient (Wildman–Crippen LogP) is 3.25. The van der Waals surface area contributed by atoms with Crippen LogP contribution in [-0.2, 0) is 10.8 Å². The third kappa shape index (κ3) is 3.87. The highest BCUT2D eigenvalue weighted by Gasteiger charge is 2.40. The highest BCUT2D eigenvalue weighted by Crippen LogP contribution is 2.41. The third-order valence-electron chi connectivity index (χ3n) is 6.47. The maximum absolute atomic E-state index is 15.1. The molecule has 0 radical (unpaired) electrons. The number of aliphatic hydroxyl groups excluding tert-OH is 1. The zero-order valence-electron chi connectivity index (χ0n) is 16.9. The van der Waals surface area contributed by atoms with Gasteiger partial charge < -0.3 is 20.1 Å². The number of nitrogens with zero attached hydrogens (tertiary/aromatic N) is 3. The predicted molar refractivity (Wildman–Crippen MR) is 117 cm³/mol. The van der Waals surface area contributed by atoms with Crippen LogP contribution in [0.4, 0.5) is 16.2 Å². The maximum Gasteiger partial charge on any atom is 0.238 e. The fraction of sp³-hybridized carbons (Fsp3) is 0.524. The number of fused-ring (bicyclic) bond motifs is 1. The lowest BCUT2D eigenvalue weighted by Gasteiger charge is -2.41. The number of hydrogen-bond donors (Lipinski definition) is 2. The number of ether oxygens (including phenoxy) is 1. The van der Waals surface area contributed by atoms with Crippen LogP contribution in [0, 0.1) is 0 Å². The lowest BCUT2D eigenvalue weighted by molar-refractivity contribution is 0.143. The Hall–Kier alpha value is -1.97. The summed E-state index contributed by atoms with van der Waals surface area (Å²) in [6.45, 7) is 0.702. The SMILES string of the molecule is O=[S@@]1COc2nc(N3CCC(c4ccc(Cl)cc4)C(F)C3)nc(NC3(CO)CCC3)c21. The van der Waals surface area contributed by atoms with Crippen molar-refractivity contribution in [3.05, 3.63) is 34.9 Å². The standard InChI is InChI=1S/C21H24ClFN4O3S/c22-14-4-2-13(3-5-14)15-6-9-27(10-16(15)23)20-24-18(26-21(11-28)7-1-8-21)17-19(25-20)30-12-31(17)29/h2-5,15-16,28H,1,6-12H2,(H,24,25,26)/t15?,16?,31-/m1/s1. The topological polar surface area (TPSA) is 87.6 Å². The van der Waals surface area contributed by atoms with Crippen LogP contribution in [0.15, 0.2) is 29.2 Å². The van der Waals surface area contributed by atoms with Gasteiger partial charge in [-0.25, -0.2) is 4.39 Å². The van der Waals surface area contributed by atoms with E-state index in [4.69, 9.17) is 16.3 Å². The Kier molecular flexibility index (Phi) is 5.52. The van der Waals surface area contributed by atoms with Gasteiger partial charge in [-0.05, 0) is 43.4 Å². The molecule has 10 heteroatoms. The largest absolute Gasteiger partial charge is 0.463 e. The highest BCUT2D eigenvalue weighted by molar-refractivity contribution is 7.85. The zero-order chi connectivity index (χ0) is 21.6. The van der Waals surface area contributed by atoms with Gasteiger partial charge >= 0.3 is 0 Å². The first kappa shape index (κ1) is 20.9. The van der Waals surface area contributed by atoms with Crippen LogP contribution in [0.2, 0.25) is 5.02 Å². The minimum absolute atomic E-state index is 0.0264. The Morgan fingerprint density at radius 3 is 2.74 bits per heavy atom. The lowest BCUT2D eigenvalue weighted by atomic mass is 9.77. The van der Waals surface area contributed by atoms with Crippen LogP contribution < -0.4 is 15.0 Å². The number of benzene rings is 1. The van der Waals surface area contributed by atoms with Gasteiger partial charge in [0.1, 0.15) is 21.9 Å². The Labute approximate surface area is 187 Å². The Balaban J connectivity index is 1.40. The van der Waals surface area contributed by atoms with E-state index in [0.717, 1.165) is 24.8 Å². The number of halogens is 2. The molecule has 3 atom stereocenters. The summed E-state index contributed by atoms with van der Waals surface area (Å²) in [6, 6.07) is 7.32. The first-order chi connectivity index (χ1) is 15.0. The lowest BCUT2D eigenvalue weighted by Crippen LogP contribution is -2.49. The smallest absolute Gasteiger partial charge is 0.238 e. The van der Waals surface area contributed by atoms with Gasteiger partial charge in [0.2, 0.25) is 11.8 Å². The number of anilines is 2. The molecule has 7 nitrogen and oxygen atoms in total. The number of nitrogens with one attached hydrogen (secondary N) is 1. The number of hydrogen-bond acceptors (Lipinski definition) is 7. The monoisotopic (exact) mass is 466 g/mol. The molecule has 1 saturated carbocycles. The molecule has 1 aromatic heterocycles. The van der Waals surface area contributed by atoms with E-state index < -0.39 is 22.5 Å². The molecule has 0 amide bonds.